The summed E-state index contributed by atoms with van der Waals surface area (Å²) in [7, 11) is 0. The van der Waals surface area contributed by atoms with E-state index >= 15 is 0 Å². The minimum Gasteiger partial charge on any atom is -0.483 e. The van der Waals surface area contributed by atoms with Crippen molar-refractivity contribution in [2.24, 2.45) is 5.10 Å². The molecule has 0 saturated carbocycles. The summed E-state index contributed by atoms with van der Waals surface area (Å²) >= 11 is 1.40. The zero-order valence-corrected chi connectivity index (χ0v) is 18.2. The lowest BCUT2D eigenvalue weighted by Crippen LogP contribution is -2.58. The zero-order valence-electron chi connectivity index (χ0n) is 17.4. The maximum Gasteiger partial charge on any atom is 0.341 e. The number of urea groups is 1. The van der Waals surface area contributed by atoms with Gasteiger partial charge in [0.05, 0.1) is 47.1 Å². The van der Waals surface area contributed by atoms with Gasteiger partial charge in [0, 0.05) is 24.8 Å². The summed E-state index contributed by atoms with van der Waals surface area (Å²) in [6.07, 6.45) is 2.59. The van der Waals surface area contributed by atoms with Crippen molar-refractivity contribution in [3.8, 4) is 16.3 Å². The Kier molecular flexibility index (Phi) is 5.49. The summed E-state index contributed by atoms with van der Waals surface area (Å²) in [4.78, 5) is 23.5. The van der Waals surface area contributed by atoms with Crippen LogP contribution in [0.3, 0.4) is 0 Å². The average molecular weight is 473 g/mol. The van der Waals surface area contributed by atoms with Gasteiger partial charge in [0.25, 0.3) is 0 Å². The molecule has 0 aliphatic carbocycles. The number of nitrogens with zero attached hydrogens (tertiary/aromatic N) is 5. The summed E-state index contributed by atoms with van der Waals surface area (Å²) in [5, 5.41) is 5.30. The second-order valence-electron chi connectivity index (χ2n) is 7.79. The van der Waals surface area contributed by atoms with Gasteiger partial charge in [-0.3, -0.25) is 4.98 Å². The number of benzene rings is 1. The summed E-state index contributed by atoms with van der Waals surface area (Å²) in [6, 6.07) is 3.70. The van der Waals surface area contributed by atoms with Crippen LogP contribution in [0, 0.1) is 24.4 Å². The Hall–Kier alpha value is -3.47. The van der Waals surface area contributed by atoms with Gasteiger partial charge in [-0.15, -0.1) is 11.3 Å². The number of hydrazone groups is 1. The van der Waals surface area contributed by atoms with Crippen LogP contribution in [-0.2, 0) is 0 Å². The number of carbonyl (C=O) groups is 1. The Morgan fingerprint density at radius 1 is 1.12 bits per heavy atom. The lowest BCUT2D eigenvalue weighted by Gasteiger charge is -2.41. The quantitative estimate of drug-likeness (QED) is 0.558. The van der Waals surface area contributed by atoms with E-state index in [4.69, 9.17) is 4.74 Å². The van der Waals surface area contributed by atoms with Gasteiger partial charge in [-0.25, -0.2) is 28.0 Å². The van der Waals surface area contributed by atoms with E-state index < -0.39 is 35.6 Å². The molecule has 0 N–H and O–H groups in total. The summed E-state index contributed by atoms with van der Waals surface area (Å²) in [5.41, 5.74) is 3.38. The van der Waals surface area contributed by atoms with Crippen molar-refractivity contribution in [1.29, 1.82) is 0 Å². The summed E-state index contributed by atoms with van der Waals surface area (Å²) in [5.74, 6) is -1.97. The van der Waals surface area contributed by atoms with E-state index in [9.17, 15) is 18.0 Å². The molecule has 0 spiro atoms. The number of thiazole rings is 1. The van der Waals surface area contributed by atoms with Crippen LogP contribution in [0.1, 0.15) is 23.7 Å². The molecular formula is C22H18F3N5O2S. The fourth-order valence-electron chi connectivity index (χ4n) is 3.82. The van der Waals surface area contributed by atoms with Crippen LogP contribution in [0.4, 0.5) is 18.0 Å². The van der Waals surface area contributed by atoms with E-state index in [0.717, 1.165) is 22.8 Å². The second kappa shape index (κ2) is 8.47. The Balaban J connectivity index is 1.24. The smallest absolute Gasteiger partial charge is 0.341 e. The molecule has 2 aromatic heterocycles. The largest absolute Gasteiger partial charge is 0.483 e. The number of rotatable bonds is 4. The minimum absolute atomic E-state index is 0.0530. The number of halogens is 3. The average Bonchev–Trinajstić information content (AvgIpc) is 3.39. The standard InChI is InChI=1S/C22H18F3N5O2S/c1-12-21(33-11-27-12)18-7-20(17(25)8-26-18)32-16-9-29(10-16)22(31)30-19(2-3-28-30)13-4-14(23)6-15(24)5-13/h3-8,11,16,19H,2,9-10H2,1H3/t19-/m0/s1. The molecule has 1 saturated heterocycles. The molecule has 1 aromatic carbocycles. The van der Waals surface area contributed by atoms with Crippen molar-refractivity contribution in [3.05, 3.63) is 64.7 Å². The highest BCUT2D eigenvalue weighted by Gasteiger charge is 2.39. The number of ether oxygens (including phenoxy) is 1. The first-order valence-electron chi connectivity index (χ1n) is 10.2. The molecule has 11 heteroatoms. The van der Waals surface area contributed by atoms with Gasteiger partial charge in [0.15, 0.2) is 11.6 Å². The van der Waals surface area contributed by atoms with Gasteiger partial charge in [-0.1, -0.05) is 0 Å². The molecule has 3 aromatic rings. The van der Waals surface area contributed by atoms with Gasteiger partial charge in [0.2, 0.25) is 0 Å². The van der Waals surface area contributed by atoms with E-state index in [-0.39, 0.29) is 18.8 Å². The molecule has 0 radical (unpaired) electrons. The predicted octanol–water partition coefficient (Wildman–Crippen LogP) is 4.55. The molecular weight excluding hydrogens is 455 g/mol. The molecule has 170 valence electrons. The van der Waals surface area contributed by atoms with Crippen molar-refractivity contribution in [3.63, 3.8) is 0 Å². The van der Waals surface area contributed by atoms with Crippen molar-refractivity contribution < 1.29 is 22.7 Å². The first-order valence-corrected chi connectivity index (χ1v) is 11.1. The first-order chi connectivity index (χ1) is 15.9. The number of likely N-dealkylation sites (tertiary alicyclic amines) is 1. The van der Waals surface area contributed by atoms with Crippen LogP contribution in [-0.4, -0.2) is 51.3 Å². The number of amides is 2. The predicted molar refractivity (Wildman–Crippen MR) is 115 cm³/mol. The minimum atomic E-state index is -0.714. The Morgan fingerprint density at radius 2 is 1.88 bits per heavy atom. The van der Waals surface area contributed by atoms with Crippen molar-refractivity contribution in [2.75, 3.05) is 13.1 Å². The molecule has 7 nitrogen and oxygen atoms in total. The van der Waals surface area contributed by atoms with Gasteiger partial charge in [0.1, 0.15) is 17.7 Å². The number of pyridine rings is 1. The molecule has 2 aliphatic heterocycles. The highest BCUT2D eigenvalue weighted by molar-refractivity contribution is 7.13. The van der Waals surface area contributed by atoms with E-state index in [2.05, 4.69) is 15.1 Å². The Labute approximate surface area is 191 Å². The lowest BCUT2D eigenvalue weighted by atomic mass is 10.0. The van der Waals surface area contributed by atoms with Gasteiger partial charge in [-0.05, 0) is 24.6 Å². The van der Waals surface area contributed by atoms with Crippen LogP contribution in [0.15, 0.2) is 41.1 Å². The van der Waals surface area contributed by atoms with Gasteiger partial charge >= 0.3 is 6.03 Å². The fraction of sp³-hybridized carbons (Fsp3) is 0.273. The first kappa shape index (κ1) is 21.4. The number of carbonyl (C=O) groups excluding carboxylic acids is 1. The molecule has 1 atom stereocenters. The Bertz CT molecular complexity index is 1220. The van der Waals surface area contributed by atoms with Gasteiger partial charge in [-0.2, -0.15) is 5.10 Å². The SMILES string of the molecule is Cc1ncsc1-c1cc(OC2CN(C(=O)N3N=CC[C@H]3c3cc(F)cc(F)c3)C2)c(F)cn1. The van der Waals surface area contributed by atoms with E-state index in [1.54, 1.807) is 5.51 Å². The number of aromatic nitrogens is 2. The van der Waals surface area contributed by atoms with E-state index in [1.807, 2.05) is 6.92 Å². The molecule has 33 heavy (non-hydrogen) atoms. The van der Waals surface area contributed by atoms with Crippen molar-refractivity contribution in [1.82, 2.24) is 19.9 Å². The van der Waals surface area contributed by atoms with Crippen LogP contribution in [0.2, 0.25) is 0 Å². The number of aryl methyl sites for hydroxylation is 1. The summed E-state index contributed by atoms with van der Waals surface area (Å²) in [6.45, 7) is 2.30. The molecule has 1 fully saturated rings. The normalized spacial score (nSPS) is 18.0. The molecule has 5 rings (SSSR count). The molecule has 2 amide bonds. The molecule has 0 bridgehead atoms. The maximum absolute atomic E-state index is 14.3. The summed E-state index contributed by atoms with van der Waals surface area (Å²) < 4.78 is 47.3. The van der Waals surface area contributed by atoms with E-state index in [0.29, 0.717) is 17.7 Å². The zero-order chi connectivity index (χ0) is 23.1. The monoisotopic (exact) mass is 473 g/mol. The van der Waals surface area contributed by atoms with Crippen LogP contribution >= 0.6 is 11.3 Å². The topological polar surface area (TPSA) is 70.9 Å². The lowest BCUT2D eigenvalue weighted by molar-refractivity contribution is 0.0256. The maximum atomic E-state index is 14.3. The van der Waals surface area contributed by atoms with Gasteiger partial charge < -0.3 is 9.64 Å². The Morgan fingerprint density at radius 3 is 2.58 bits per heavy atom. The number of hydrogen-bond donors (Lipinski definition) is 0. The van der Waals surface area contributed by atoms with Crippen molar-refractivity contribution >= 4 is 23.6 Å². The van der Waals surface area contributed by atoms with E-state index in [1.165, 1.54) is 45.7 Å². The highest BCUT2D eigenvalue weighted by atomic mass is 32.1. The van der Waals surface area contributed by atoms with Crippen LogP contribution < -0.4 is 4.74 Å². The highest BCUT2D eigenvalue weighted by Crippen LogP contribution is 2.33. The molecule has 2 aliphatic rings. The fourth-order valence-corrected chi connectivity index (χ4v) is 4.59. The third-order valence-electron chi connectivity index (χ3n) is 5.51. The third kappa shape index (κ3) is 4.15. The van der Waals surface area contributed by atoms with Crippen LogP contribution in [0.25, 0.3) is 10.6 Å². The second-order valence-corrected chi connectivity index (χ2v) is 8.65. The third-order valence-corrected chi connectivity index (χ3v) is 6.46. The number of hydrogen-bond acceptors (Lipinski definition) is 6. The van der Waals surface area contributed by atoms with Crippen molar-refractivity contribution in [2.45, 2.75) is 25.5 Å². The molecule has 0 unspecified atom stereocenters. The molecule has 4 heterocycles. The van der Waals surface area contributed by atoms with Crippen LogP contribution in [0.5, 0.6) is 5.75 Å².